The quantitative estimate of drug-likeness (QED) is 0.783. The van der Waals surface area contributed by atoms with Crippen LogP contribution in [0.5, 0.6) is 0 Å². The van der Waals surface area contributed by atoms with E-state index in [1.54, 1.807) is 24.1 Å². The summed E-state index contributed by atoms with van der Waals surface area (Å²) in [7, 11) is 1.80. The van der Waals surface area contributed by atoms with E-state index in [-0.39, 0.29) is 5.91 Å². The third-order valence-electron chi connectivity index (χ3n) is 4.09. The fraction of sp³-hybridized carbons (Fsp3) is 0.600. The monoisotopic (exact) mass is 347 g/mol. The minimum absolute atomic E-state index is 0.0842. The highest BCUT2D eigenvalue weighted by atomic mass is 16.6. The summed E-state index contributed by atoms with van der Waals surface area (Å²) < 4.78 is 10.9. The minimum atomic E-state index is -0.567. The Hall–Kier alpha value is -1.88. The van der Waals surface area contributed by atoms with Crippen LogP contribution in [-0.4, -0.2) is 49.2 Å². The maximum Gasteiger partial charge on any atom is 0.338 e. The third-order valence-corrected chi connectivity index (χ3v) is 4.09. The number of carbonyl (C=O) groups excluding carboxylic acids is 2. The van der Waals surface area contributed by atoms with E-state index in [0.29, 0.717) is 30.2 Å². The van der Waals surface area contributed by atoms with E-state index in [9.17, 15) is 9.59 Å². The second kappa shape index (κ2) is 8.00. The Morgan fingerprint density at radius 3 is 2.52 bits per heavy atom. The number of esters is 1. The van der Waals surface area contributed by atoms with Crippen LogP contribution >= 0.6 is 0 Å². The van der Waals surface area contributed by atoms with Crippen LogP contribution in [-0.2, 0) is 9.47 Å². The number of benzene rings is 1. The van der Waals surface area contributed by atoms with E-state index in [1.165, 1.54) is 0 Å². The summed E-state index contributed by atoms with van der Waals surface area (Å²) in [5.74, 6) is -0.120. The van der Waals surface area contributed by atoms with Gasteiger partial charge in [-0.15, -0.1) is 0 Å². The van der Waals surface area contributed by atoms with Gasteiger partial charge < -0.3 is 14.4 Å². The molecule has 0 N–H and O–H groups in total. The Balaban J connectivity index is 2.12. The first-order chi connectivity index (χ1) is 11.7. The van der Waals surface area contributed by atoms with Gasteiger partial charge in [0.2, 0.25) is 0 Å². The standard InChI is InChI=1S/C20H29NO4/c1-14-9-16(11-17(10-14)19(23)25-20(2,3)4)18(22)21(5)12-15-7-6-8-24-13-15/h9-11,15H,6-8,12-13H2,1-5H3/t15-/m1/s1. The summed E-state index contributed by atoms with van der Waals surface area (Å²) in [6.07, 6.45) is 2.12. The molecular formula is C20H29NO4. The predicted molar refractivity (Wildman–Crippen MR) is 96.9 cm³/mol. The van der Waals surface area contributed by atoms with Crippen molar-refractivity contribution >= 4 is 11.9 Å². The number of hydrogen-bond donors (Lipinski definition) is 0. The van der Waals surface area contributed by atoms with Gasteiger partial charge in [-0.25, -0.2) is 4.79 Å². The first kappa shape index (κ1) is 19.4. The molecule has 0 aromatic heterocycles. The zero-order valence-electron chi connectivity index (χ0n) is 15.9. The van der Waals surface area contributed by atoms with Crippen molar-refractivity contribution in [3.8, 4) is 0 Å². The molecule has 5 heteroatoms. The molecule has 0 spiro atoms. The van der Waals surface area contributed by atoms with Crippen molar-refractivity contribution in [2.45, 2.75) is 46.1 Å². The summed E-state index contributed by atoms with van der Waals surface area (Å²) >= 11 is 0. The number of ether oxygens (including phenoxy) is 2. The van der Waals surface area contributed by atoms with E-state index in [4.69, 9.17) is 9.47 Å². The summed E-state index contributed by atoms with van der Waals surface area (Å²) in [6.45, 7) is 9.53. The molecule has 1 saturated heterocycles. The molecular weight excluding hydrogens is 318 g/mol. The second-order valence-corrected chi connectivity index (χ2v) is 7.86. The van der Waals surface area contributed by atoms with Gasteiger partial charge >= 0.3 is 5.97 Å². The van der Waals surface area contributed by atoms with Gasteiger partial charge in [-0.3, -0.25) is 4.79 Å². The molecule has 1 aromatic carbocycles. The first-order valence-corrected chi connectivity index (χ1v) is 8.84. The van der Waals surface area contributed by atoms with Crippen LogP contribution in [0.4, 0.5) is 0 Å². The molecule has 138 valence electrons. The first-order valence-electron chi connectivity index (χ1n) is 8.84. The molecule has 1 atom stereocenters. The number of aryl methyl sites for hydroxylation is 1. The van der Waals surface area contributed by atoms with Gasteiger partial charge in [-0.2, -0.15) is 0 Å². The topological polar surface area (TPSA) is 55.8 Å². The number of carbonyl (C=O) groups is 2. The molecule has 1 amide bonds. The molecule has 0 aliphatic carbocycles. The van der Waals surface area contributed by atoms with Crippen LogP contribution in [0, 0.1) is 12.8 Å². The van der Waals surface area contributed by atoms with Gasteiger partial charge in [0, 0.05) is 25.8 Å². The number of hydrogen-bond acceptors (Lipinski definition) is 4. The van der Waals surface area contributed by atoms with E-state index in [1.807, 2.05) is 33.8 Å². The molecule has 25 heavy (non-hydrogen) atoms. The summed E-state index contributed by atoms with van der Waals surface area (Å²) in [5, 5.41) is 0. The Kier molecular flexibility index (Phi) is 6.22. The summed E-state index contributed by atoms with van der Waals surface area (Å²) in [5.41, 5.74) is 1.22. The Labute approximate surface area is 150 Å². The van der Waals surface area contributed by atoms with Crippen LogP contribution < -0.4 is 0 Å². The fourth-order valence-corrected chi connectivity index (χ4v) is 3.00. The normalized spacial score (nSPS) is 17.9. The molecule has 2 rings (SSSR count). The van der Waals surface area contributed by atoms with E-state index < -0.39 is 11.6 Å². The Bertz CT molecular complexity index is 627. The average Bonchev–Trinajstić information content (AvgIpc) is 2.53. The fourth-order valence-electron chi connectivity index (χ4n) is 3.00. The summed E-state index contributed by atoms with van der Waals surface area (Å²) in [4.78, 5) is 26.8. The molecule has 1 heterocycles. The van der Waals surface area contributed by atoms with Crippen molar-refractivity contribution in [1.82, 2.24) is 4.90 Å². The Morgan fingerprint density at radius 1 is 1.24 bits per heavy atom. The molecule has 1 aromatic rings. The van der Waals surface area contributed by atoms with Crippen molar-refractivity contribution in [2.75, 3.05) is 26.8 Å². The van der Waals surface area contributed by atoms with Crippen molar-refractivity contribution in [2.24, 2.45) is 5.92 Å². The zero-order chi connectivity index (χ0) is 18.6. The van der Waals surface area contributed by atoms with Crippen LogP contribution in [0.25, 0.3) is 0 Å². The second-order valence-electron chi connectivity index (χ2n) is 7.86. The van der Waals surface area contributed by atoms with Gasteiger partial charge in [0.05, 0.1) is 12.2 Å². The maximum atomic E-state index is 12.8. The van der Waals surface area contributed by atoms with Gasteiger partial charge in [0.1, 0.15) is 5.60 Å². The maximum absolute atomic E-state index is 12.8. The van der Waals surface area contributed by atoms with Crippen LogP contribution in [0.15, 0.2) is 18.2 Å². The third kappa shape index (κ3) is 5.85. The molecule has 0 bridgehead atoms. The van der Waals surface area contributed by atoms with Crippen molar-refractivity contribution < 1.29 is 19.1 Å². The highest BCUT2D eigenvalue weighted by Crippen LogP contribution is 2.19. The van der Waals surface area contributed by atoms with Gasteiger partial charge in [-0.1, -0.05) is 0 Å². The lowest BCUT2D eigenvalue weighted by Crippen LogP contribution is -2.35. The lowest BCUT2D eigenvalue weighted by atomic mass is 10.0. The molecule has 5 nitrogen and oxygen atoms in total. The highest BCUT2D eigenvalue weighted by molar-refractivity contribution is 5.98. The molecule has 1 aliphatic heterocycles. The SMILES string of the molecule is Cc1cc(C(=O)OC(C)(C)C)cc(C(=O)N(C)C[C@H]2CCCOC2)c1. The largest absolute Gasteiger partial charge is 0.456 e. The summed E-state index contributed by atoms with van der Waals surface area (Å²) in [6, 6.07) is 5.18. The lowest BCUT2D eigenvalue weighted by molar-refractivity contribution is 0.00694. The van der Waals surface area contributed by atoms with Gasteiger partial charge in [0.15, 0.2) is 0 Å². The molecule has 0 radical (unpaired) electrons. The van der Waals surface area contributed by atoms with Crippen LogP contribution in [0.3, 0.4) is 0 Å². The molecule has 0 saturated carbocycles. The van der Waals surface area contributed by atoms with Crippen molar-refractivity contribution in [3.05, 3.63) is 34.9 Å². The van der Waals surface area contributed by atoms with Gasteiger partial charge in [-0.05, 0) is 70.2 Å². The number of amides is 1. The van der Waals surface area contributed by atoms with Crippen LogP contribution in [0.1, 0.15) is 59.9 Å². The molecule has 0 unspecified atom stereocenters. The smallest absolute Gasteiger partial charge is 0.338 e. The number of nitrogens with zero attached hydrogens (tertiary/aromatic N) is 1. The van der Waals surface area contributed by atoms with E-state index >= 15 is 0 Å². The van der Waals surface area contributed by atoms with Crippen LogP contribution in [0.2, 0.25) is 0 Å². The minimum Gasteiger partial charge on any atom is -0.456 e. The highest BCUT2D eigenvalue weighted by Gasteiger charge is 2.22. The molecule has 1 aliphatic rings. The van der Waals surface area contributed by atoms with E-state index in [2.05, 4.69) is 0 Å². The zero-order valence-corrected chi connectivity index (χ0v) is 15.9. The van der Waals surface area contributed by atoms with Gasteiger partial charge in [0.25, 0.3) is 5.91 Å². The van der Waals surface area contributed by atoms with Crippen molar-refractivity contribution in [1.29, 1.82) is 0 Å². The number of rotatable bonds is 4. The predicted octanol–water partition coefficient (Wildman–Crippen LogP) is 3.45. The van der Waals surface area contributed by atoms with E-state index in [0.717, 1.165) is 25.0 Å². The molecule has 1 fully saturated rings. The van der Waals surface area contributed by atoms with Crippen molar-refractivity contribution in [3.63, 3.8) is 0 Å². The average molecular weight is 347 g/mol. The lowest BCUT2D eigenvalue weighted by Gasteiger charge is -2.27. The Morgan fingerprint density at radius 2 is 1.92 bits per heavy atom.